The Kier molecular flexibility index (Phi) is 3.83. The minimum Gasteiger partial charge on any atom is -0.396 e. The van der Waals surface area contributed by atoms with Gasteiger partial charge >= 0.3 is 0 Å². The van der Waals surface area contributed by atoms with E-state index in [1.165, 1.54) is 5.56 Å². The second-order valence-corrected chi connectivity index (χ2v) is 5.71. The van der Waals surface area contributed by atoms with Crippen LogP contribution < -0.4 is 0 Å². The summed E-state index contributed by atoms with van der Waals surface area (Å²) in [4.78, 5) is 18.4. The fourth-order valence-corrected chi connectivity index (χ4v) is 3.30. The minimum absolute atomic E-state index is 0.116. The zero-order chi connectivity index (χ0) is 13.9. The summed E-state index contributed by atoms with van der Waals surface area (Å²) >= 11 is 0. The lowest BCUT2D eigenvalue weighted by Crippen LogP contribution is -2.34. The van der Waals surface area contributed by atoms with Gasteiger partial charge in [-0.2, -0.15) is 0 Å². The molecule has 106 valence electrons. The Balaban J connectivity index is 1.72. The molecule has 0 bridgehead atoms. The molecule has 20 heavy (non-hydrogen) atoms. The third-order valence-electron chi connectivity index (χ3n) is 4.48. The lowest BCUT2D eigenvalue weighted by atomic mass is 9.90. The maximum Gasteiger partial charge on any atom is 0.226 e. The van der Waals surface area contributed by atoms with Crippen LogP contribution in [0.5, 0.6) is 0 Å². The van der Waals surface area contributed by atoms with Gasteiger partial charge in [0.2, 0.25) is 5.91 Å². The van der Waals surface area contributed by atoms with Gasteiger partial charge in [-0.1, -0.05) is 12.2 Å². The number of allylic oxidation sites excluding steroid dienone is 2. The standard InChI is InChI=1S/C16H20N2O2/c19-11-14-9-18(16(20)13-3-1-2-4-13)10-15(14)12-5-7-17-8-6-12/h1-2,5-8,13-15,19H,3-4,9-11H2/t14-,15-/m0/s1. The highest BCUT2D eigenvalue weighted by atomic mass is 16.3. The Hall–Kier alpha value is -1.68. The van der Waals surface area contributed by atoms with Crippen LogP contribution in [-0.4, -0.2) is 40.6 Å². The van der Waals surface area contributed by atoms with E-state index in [2.05, 4.69) is 17.1 Å². The number of hydrogen-bond acceptors (Lipinski definition) is 3. The van der Waals surface area contributed by atoms with E-state index in [0.717, 1.165) is 12.8 Å². The topological polar surface area (TPSA) is 53.4 Å². The van der Waals surface area contributed by atoms with Gasteiger partial charge < -0.3 is 10.0 Å². The number of hydrogen-bond donors (Lipinski definition) is 1. The predicted molar refractivity (Wildman–Crippen MR) is 76.0 cm³/mol. The highest BCUT2D eigenvalue weighted by Crippen LogP contribution is 2.34. The molecule has 1 aliphatic heterocycles. The molecule has 4 nitrogen and oxygen atoms in total. The Labute approximate surface area is 119 Å². The van der Waals surface area contributed by atoms with Crippen molar-refractivity contribution in [2.24, 2.45) is 11.8 Å². The quantitative estimate of drug-likeness (QED) is 0.850. The van der Waals surface area contributed by atoms with Gasteiger partial charge in [0.15, 0.2) is 0 Å². The second-order valence-electron chi connectivity index (χ2n) is 5.71. The van der Waals surface area contributed by atoms with Gasteiger partial charge in [0.1, 0.15) is 0 Å². The van der Waals surface area contributed by atoms with Crippen LogP contribution in [-0.2, 0) is 4.79 Å². The number of likely N-dealkylation sites (tertiary alicyclic amines) is 1. The number of carbonyl (C=O) groups is 1. The maximum absolute atomic E-state index is 12.5. The van der Waals surface area contributed by atoms with E-state index < -0.39 is 0 Å². The first-order valence-corrected chi connectivity index (χ1v) is 7.24. The van der Waals surface area contributed by atoms with Crippen molar-refractivity contribution in [1.82, 2.24) is 9.88 Å². The average molecular weight is 272 g/mol. The first-order valence-electron chi connectivity index (χ1n) is 7.24. The lowest BCUT2D eigenvalue weighted by Gasteiger charge is -2.20. The van der Waals surface area contributed by atoms with Crippen molar-refractivity contribution in [3.05, 3.63) is 42.2 Å². The monoisotopic (exact) mass is 272 g/mol. The largest absolute Gasteiger partial charge is 0.396 e. The lowest BCUT2D eigenvalue weighted by molar-refractivity contribution is -0.134. The molecule has 2 heterocycles. The molecule has 0 spiro atoms. The van der Waals surface area contributed by atoms with Crippen molar-refractivity contribution in [1.29, 1.82) is 0 Å². The molecular formula is C16H20N2O2. The number of pyridine rings is 1. The number of rotatable bonds is 3. The van der Waals surface area contributed by atoms with Crippen molar-refractivity contribution in [3.63, 3.8) is 0 Å². The molecule has 1 N–H and O–H groups in total. The van der Waals surface area contributed by atoms with Gasteiger partial charge in [0, 0.05) is 49.8 Å². The molecule has 1 aromatic rings. The summed E-state index contributed by atoms with van der Waals surface area (Å²) in [5.74, 6) is 0.715. The molecule has 0 saturated carbocycles. The van der Waals surface area contributed by atoms with E-state index in [1.54, 1.807) is 12.4 Å². The molecule has 0 radical (unpaired) electrons. The first kappa shape index (κ1) is 13.3. The van der Waals surface area contributed by atoms with Crippen molar-refractivity contribution in [2.75, 3.05) is 19.7 Å². The zero-order valence-corrected chi connectivity index (χ0v) is 11.5. The molecule has 1 saturated heterocycles. The normalized spacial score (nSPS) is 26.4. The Bertz CT molecular complexity index is 492. The molecule has 0 aromatic carbocycles. The molecule has 2 atom stereocenters. The minimum atomic E-state index is 0.116. The van der Waals surface area contributed by atoms with Gasteiger partial charge in [-0.05, 0) is 30.5 Å². The van der Waals surface area contributed by atoms with Crippen LogP contribution in [0.1, 0.15) is 24.3 Å². The Morgan fingerprint density at radius 2 is 1.95 bits per heavy atom. The zero-order valence-electron chi connectivity index (χ0n) is 11.5. The fourth-order valence-electron chi connectivity index (χ4n) is 3.30. The number of carbonyl (C=O) groups excluding carboxylic acids is 1. The third-order valence-corrected chi connectivity index (χ3v) is 4.48. The number of aliphatic hydroxyl groups excluding tert-OH is 1. The summed E-state index contributed by atoms with van der Waals surface area (Å²) < 4.78 is 0. The Morgan fingerprint density at radius 1 is 1.25 bits per heavy atom. The van der Waals surface area contributed by atoms with E-state index in [1.807, 2.05) is 17.0 Å². The van der Waals surface area contributed by atoms with Crippen molar-refractivity contribution >= 4 is 5.91 Å². The highest BCUT2D eigenvalue weighted by Gasteiger charge is 2.37. The van der Waals surface area contributed by atoms with E-state index in [4.69, 9.17) is 0 Å². The van der Waals surface area contributed by atoms with Crippen molar-refractivity contribution < 1.29 is 9.90 Å². The number of aromatic nitrogens is 1. The molecule has 1 aromatic heterocycles. The summed E-state index contributed by atoms with van der Waals surface area (Å²) in [7, 11) is 0. The van der Waals surface area contributed by atoms with E-state index >= 15 is 0 Å². The van der Waals surface area contributed by atoms with Gasteiger partial charge in [0.05, 0.1) is 0 Å². The third kappa shape index (κ3) is 2.48. The second kappa shape index (κ2) is 5.75. The summed E-state index contributed by atoms with van der Waals surface area (Å²) in [6, 6.07) is 3.97. The summed E-state index contributed by atoms with van der Waals surface area (Å²) in [6.45, 7) is 1.50. The molecule has 3 rings (SSSR count). The summed E-state index contributed by atoms with van der Waals surface area (Å²) in [5.41, 5.74) is 1.17. The van der Waals surface area contributed by atoms with E-state index in [-0.39, 0.29) is 30.3 Å². The average Bonchev–Trinajstić information content (AvgIpc) is 3.17. The van der Waals surface area contributed by atoms with E-state index in [0.29, 0.717) is 13.1 Å². The van der Waals surface area contributed by atoms with Crippen molar-refractivity contribution in [3.8, 4) is 0 Å². The van der Waals surface area contributed by atoms with Gasteiger partial charge in [-0.25, -0.2) is 0 Å². The molecule has 0 unspecified atom stereocenters. The number of amides is 1. The first-order chi connectivity index (χ1) is 9.79. The van der Waals surface area contributed by atoms with Crippen LogP contribution in [0, 0.1) is 11.8 Å². The summed E-state index contributed by atoms with van der Waals surface area (Å²) in [6.07, 6.45) is 9.44. The smallest absolute Gasteiger partial charge is 0.226 e. The Morgan fingerprint density at radius 3 is 2.60 bits per heavy atom. The molecule has 4 heteroatoms. The molecule has 1 aliphatic carbocycles. The van der Waals surface area contributed by atoms with Crippen LogP contribution >= 0.6 is 0 Å². The predicted octanol–water partition coefficient (Wildman–Crippen LogP) is 1.58. The number of nitrogens with zero attached hydrogens (tertiary/aromatic N) is 2. The van der Waals surface area contributed by atoms with Crippen molar-refractivity contribution in [2.45, 2.75) is 18.8 Å². The molecule has 1 fully saturated rings. The molecule has 2 aliphatic rings. The highest BCUT2D eigenvalue weighted by molar-refractivity contribution is 5.80. The molecule has 1 amide bonds. The van der Waals surface area contributed by atoms with Crippen LogP contribution in [0.25, 0.3) is 0 Å². The van der Waals surface area contributed by atoms with Crippen LogP contribution in [0.4, 0.5) is 0 Å². The van der Waals surface area contributed by atoms with Gasteiger partial charge in [0.25, 0.3) is 0 Å². The SMILES string of the molecule is O=C(C1CC=CC1)N1C[C@@H](CO)[C@H](c2ccncc2)C1. The molecular weight excluding hydrogens is 252 g/mol. The van der Waals surface area contributed by atoms with Gasteiger partial charge in [-0.15, -0.1) is 0 Å². The maximum atomic E-state index is 12.5. The van der Waals surface area contributed by atoms with E-state index in [9.17, 15) is 9.90 Å². The van der Waals surface area contributed by atoms with Crippen LogP contribution in [0.15, 0.2) is 36.7 Å². The van der Waals surface area contributed by atoms with Gasteiger partial charge in [-0.3, -0.25) is 9.78 Å². The summed E-state index contributed by atoms with van der Waals surface area (Å²) in [5, 5.41) is 9.60. The number of aliphatic hydroxyl groups is 1. The fraction of sp³-hybridized carbons (Fsp3) is 0.500. The van der Waals surface area contributed by atoms with Crippen LogP contribution in [0.2, 0.25) is 0 Å². The van der Waals surface area contributed by atoms with Crippen LogP contribution in [0.3, 0.4) is 0 Å².